The average Bonchev–Trinajstić information content (AvgIpc) is 2.58. The second-order valence-corrected chi connectivity index (χ2v) is 6.16. The maximum absolute atomic E-state index is 12.8. The molecule has 1 heterocycles. The zero-order chi connectivity index (χ0) is 17.1. The van der Waals surface area contributed by atoms with Crippen molar-refractivity contribution in [2.24, 2.45) is 0 Å². The van der Waals surface area contributed by atoms with Gasteiger partial charge in [-0.1, -0.05) is 54.1 Å². The van der Waals surface area contributed by atoms with Gasteiger partial charge in [0.1, 0.15) is 6.04 Å². The molecule has 0 saturated heterocycles. The lowest BCUT2D eigenvalue weighted by molar-refractivity contribution is -0.141. The minimum absolute atomic E-state index is 0.00639. The van der Waals surface area contributed by atoms with E-state index in [1.807, 2.05) is 56.3 Å². The van der Waals surface area contributed by atoms with E-state index in [9.17, 15) is 9.59 Å². The Kier molecular flexibility index (Phi) is 4.65. The molecule has 0 fully saturated rings. The molecule has 2 aromatic carbocycles. The van der Waals surface area contributed by atoms with Crippen LogP contribution in [0.2, 0.25) is 0 Å². The molecule has 4 heteroatoms. The number of hydrogen-bond acceptors (Lipinski definition) is 2. The Hall–Kier alpha value is -2.62. The first-order chi connectivity index (χ1) is 11.6. The van der Waals surface area contributed by atoms with Gasteiger partial charge in [-0.3, -0.25) is 9.59 Å². The fourth-order valence-electron chi connectivity index (χ4n) is 3.29. The van der Waals surface area contributed by atoms with Crippen molar-refractivity contribution in [2.75, 3.05) is 6.54 Å². The van der Waals surface area contributed by atoms with Crippen molar-refractivity contribution >= 4 is 11.8 Å². The van der Waals surface area contributed by atoms with E-state index in [1.54, 1.807) is 4.90 Å². The molecule has 2 amide bonds. The summed E-state index contributed by atoms with van der Waals surface area (Å²) in [5.41, 5.74) is 4.10. The highest BCUT2D eigenvalue weighted by molar-refractivity contribution is 5.92. The number of likely N-dealkylation sites (N-methyl/N-ethyl adjacent to an activating group) is 1. The van der Waals surface area contributed by atoms with E-state index < -0.39 is 6.04 Å². The monoisotopic (exact) mass is 322 g/mol. The van der Waals surface area contributed by atoms with Gasteiger partial charge in [0, 0.05) is 13.1 Å². The smallest absolute Gasteiger partial charge is 0.247 e. The molecule has 0 aromatic heterocycles. The molecular weight excluding hydrogens is 300 g/mol. The minimum Gasteiger partial charge on any atom is -0.350 e. The predicted octanol–water partition coefficient (Wildman–Crippen LogP) is 2.76. The first-order valence-electron chi connectivity index (χ1n) is 8.30. The van der Waals surface area contributed by atoms with E-state index in [1.165, 1.54) is 0 Å². The van der Waals surface area contributed by atoms with Crippen molar-refractivity contribution in [3.63, 3.8) is 0 Å². The first-order valence-corrected chi connectivity index (χ1v) is 8.30. The zero-order valence-corrected chi connectivity index (χ0v) is 14.1. The molecule has 0 aliphatic carbocycles. The number of nitrogens with zero attached hydrogens (tertiary/aromatic N) is 1. The normalized spacial score (nSPS) is 16.7. The number of carbonyl (C=O) groups excluding carboxylic acids is 2. The Morgan fingerprint density at radius 3 is 2.75 bits per heavy atom. The van der Waals surface area contributed by atoms with E-state index in [0.717, 1.165) is 22.3 Å². The van der Waals surface area contributed by atoms with Crippen LogP contribution in [-0.2, 0) is 22.6 Å². The van der Waals surface area contributed by atoms with Gasteiger partial charge in [-0.2, -0.15) is 0 Å². The van der Waals surface area contributed by atoms with Crippen LogP contribution in [0, 0.1) is 6.92 Å². The Balaban J connectivity index is 1.82. The van der Waals surface area contributed by atoms with Gasteiger partial charge < -0.3 is 10.2 Å². The second kappa shape index (κ2) is 6.87. The van der Waals surface area contributed by atoms with Gasteiger partial charge in [0.2, 0.25) is 11.8 Å². The molecule has 3 rings (SSSR count). The van der Waals surface area contributed by atoms with Crippen molar-refractivity contribution in [3.8, 4) is 0 Å². The molecule has 0 unspecified atom stereocenters. The highest BCUT2D eigenvalue weighted by Gasteiger charge is 2.35. The molecule has 0 radical (unpaired) electrons. The van der Waals surface area contributed by atoms with Crippen LogP contribution in [-0.4, -0.2) is 23.3 Å². The molecule has 4 nitrogen and oxygen atoms in total. The number of amides is 2. The quantitative estimate of drug-likeness (QED) is 0.941. The summed E-state index contributed by atoms with van der Waals surface area (Å²) in [5.74, 6) is -0.120. The van der Waals surface area contributed by atoms with Crippen LogP contribution in [0.25, 0.3) is 0 Å². The number of fused-ring (bicyclic) bond motifs is 1. The Morgan fingerprint density at radius 1 is 1.21 bits per heavy atom. The van der Waals surface area contributed by atoms with Crippen LogP contribution in [0.4, 0.5) is 0 Å². The fraction of sp³-hybridized carbons (Fsp3) is 0.300. The van der Waals surface area contributed by atoms with Crippen molar-refractivity contribution in [1.29, 1.82) is 0 Å². The summed E-state index contributed by atoms with van der Waals surface area (Å²) in [7, 11) is 0. The summed E-state index contributed by atoms with van der Waals surface area (Å²) in [6.45, 7) is 4.92. The second-order valence-electron chi connectivity index (χ2n) is 6.16. The lowest BCUT2D eigenvalue weighted by atomic mass is 9.91. The molecular formula is C20H22N2O2. The molecule has 0 saturated carbocycles. The van der Waals surface area contributed by atoms with Gasteiger partial charge >= 0.3 is 0 Å². The summed E-state index contributed by atoms with van der Waals surface area (Å²) >= 11 is 0. The fourth-order valence-corrected chi connectivity index (χ4v) is 3.29. The molecule has 124 valence electrons. The number of hydrogen-bond donors (Lipinski definition) is 1. The summed E-state index contributed by atoms with van der Waals surface area (Å²) < 4.78 is 0. The van der Waals surface area contributed by atoms with Crippen LogP contribution in [0.1, 0.15) is 35.2 Å². The summed E-state index contributed by atoms with van der Waals surface area (Å²) in [4.78, 5) is 26.9. The van der Waals surface area contributed by atoms with E-state index in [-0.39, 0.29) is 11.8 Å². The third-order valence-electron chi connectivity index (χ3n) is 4.46. The molecule has 0 spiro atoms. The molecule has 0 bridgehead atoms. The number of aryl methyl sites for hydroxylation is 1. The van der Waals surface area contributed by atoms with Gasteiger partial charge in [-0.05, 0) is 30.5 Å². The number of benzene rings is 2. The molecule has 1 atom stereocenters. The molecule has 1 aliphatic heterocycles. The Morgan fingerprint density at radius 2 is 2.00 bits per heavy atom. The zero-order valence-electron chi connectivity index (χ0n) is 14.1. The van der Waals surface area contributed by atoms with E-state index in [4.69, 9.17) is 0 Å². The molecule has 2 aromatic rings. The lowest BCUT2D eigenvalue weighted by Gasteiger charge is -2.35. The highest BCUT2D eigenvalue weighted by atomic mass is 16.2. The van der Waals surface area contributed by atoms with Crippen molar-refractivity contribution in [2.45, 2.75) is 32.9 Å². The summed E-state index contributed by atoms with van der Waals surface area (Å²) in [6.07, 6.45) is 0.367. The standard InChI is InChI=1S/C20H22N2O2/c1-3-22-18(23)12-16-9-4-5-10-17(16)19(22)20(24)21-13-15-8-6-7-14(2)11-15/h4-11,19H,3,12-13H2,1-2H3,(H,21,24)/t19-/m0/s1. The van der Waals surface area contributed by atoms with Crippen molar-refractivity contribution in [1.82, 2.24) is 10.2 Å². The molecule has 24 heavy (non-hydrogen) atoms. The topological polar surface area (TPSA) is 49.4 Å². The first kappa shape index (κ1) is 16.2. The van der Waals surface area contributed by atoms with Crippen LogP contribution in [0.3, 0.4) is 0 Å². The Labute approximate surface area is 142 Å². The van der Waals surface area contributed by atoms with E-state index >= 15 is 0 Å². The molecule has 1 aliphatic rings. The Bertz CT molecular complexity index is 770. The summed E-state index contributed by atoms with van der Waals surface area (Å²) in [6, 6.07) is 15.2. The van der Waals surface area contributed by atoms with Gasteiger partial charge in [-0.15, -0.1) is 0 Å². The van der Waals surface area contributed by atoms with E-state index in [2.05, 4.69) is 11.4 Å². The highest BCUT2D eigenvalue weighted by Crippen LogP contribution is 2.30. The maximum Gasteiger partial charge on any atom is 0.247 e. The third kappa shape index (κ3) is 3.18. The van der Waals surface area contributed by atoms with Gasteiger partial charge in [0.15, 0.2) is 0 Å². The van der Waals surface area contributed by atoms with E-state index in [0.29, 0.717) is 19.5 Å². The average molecular weight is 322 g/mol. The van der Waals surface area contributed by atoms with Crippen LogP contribution < -0.4 is 5.32 Å². The van der Waals surface area contributed by atoms with Crippen LogP contribution in [0.15, 0.2) is 48.5 Å². The SMILES string of the molecule is CCN1C(=O)Cc2ccccc2[C@H]1C(=O)NCc1cccc(C)c1. The number of rotatable bonds is 4. The van der Waals surface area contributed by atoms with Gasteiger partial charge in [0.25, 0.3) is 0 Å². The van der Waals surface area contributed by atoms with Crippen LogP contribution in [0.5, 0.6) is 0 Å². The molecule has 1 N–H and O–H groups in total. The maximum atomic E-state index is 12.8. The van der Waals surface area contributed by atoms with Gasteiger partial charge in [-0.25, -0.2) is 0 Å². The number of carbonyl (C=O) groups is 2. The van der Waals surface area contributed by atoms with Crippen LogP contribution >= 0.6 is 0 Å². The summed E-state index contributed by atoms with van der Waals surface area (Å²) in [5, 5.41) is 2.99. The van der Waals surface area contributed by atoms with Crippen molar-refractivity contribution < 1.29 is 9.59 Å². The largest absolute Gasteiger partial charge is 0.350 e. The minimum atomic E-state index is -0.544. The number of nitrogens with one attached hydrogen (secondary N) is 1. The van der Waals surface area contributed by atoms with Gasteiger partial charge in [0.05, 0.1) is 6.42 Å². The van der Waals surface area contributed by atoms with Crippen molar-refractivity contribution in [3.05, 3.63) is 70.8 Å². The lowest BCUT2D eigenvalue weighted by Crippen LogP contribution is -2.47. The third-order valence-corrected chi connectivity index (χ3v) is 4.46. The predicted molar refractivity (Wildman–Crippen MR) is 93.3 cm³/mol.